The van der Waals surface area contributed by atoms with Crippen molar-refractivity contribution in [2.75, 3.05) is 0 Å². The average Bonchev–Trinajstić information content (AvgIpc) is 2.25. The highest BCUT2D eigenvalue weighted by atomic mass is 35.5. The predicted octanol–water partition coefficient (Wildman–Crippen LogP) is 3.52. The molecule has 0 radical (unpaired) electrons. The summed E-state index contributed by atoms with van der Waals surface area (Å²) in [4.78, 5) is -0.189. The third-order valence-electron chi connectivity index (χ3n) is 2.57. The number of rotatable bonds is 7. The fourth-order valence-electron chi connectivity index (χ4n) is 1.64. The zero-order chi connectivity index (χ0) is 11.8. The van der Waals surface area contributed by atoms with E-state index < -0.39 is 0 Å². The zero-order valence-corrected chi connectivity index (χ0v) is 12.3. The van der Waals surface area contributed by atoms with Crippen LogP contribution >= 0.6 is 23.2 Å². The van der Waals surface area contributed by atoms with Gasteiger partial charge in [0.05, 0.1) is 0 Å². The van der Waals surface area contributed by atoms with E-state index in [-0.39, 0.29) is 14.4 Å². The summed E-state index contributed by atoms with van der Waals surface area (Å²) in [5.41, 5.74) is 1.32. The van der Waals surface area contributed by atoms with Gasteiger partial charge in [0.2, 0.25) is 0 Å². The van der Waals surface area contributed by atoms with E-state index >= 15 is 0 Å². The van der Waals surface area contributed by atoms with E-state index in [9.17, 15) is 0 Å². The zero-order valence-electron chi connectivity index (χ0n) is 9.33. The van der Waals surface area contributed by atoms with Crippen LogP contribution in [0.2, 0.25) is 12.1 Å². The molecule has 0 unspecified atom stereocenters. The van der Waals surface area contributed by atoms with Crippen molar-refractivity contribution in [3.05, 3.63) is 29.8 Å². The SMILES string of the molecule is Oc1ccc(CC[SiH2]CCCC(Cl)Cl)cc1. The normalized spacial score (nSPS) is 11.7. The van der Waals surface area contributed by atoms with E-state index in [0.717, 1.165) is 12.8 Å². The smallest absolute Gasteiger partial charge is 0.115 e. The number of hydrogen-bond acceptors (Lipinski definition) is 1. The van der Waals surface area contributed by atoms with Gasteiger partial charge in [0.15, 0.2) is 0 Å². The Hall–Kier alpha value is -0.183. The Morgan fingerprint density at radius 1 is 1.12 bits per heavy atom. The minimum Gasteiger partial charge on any atom is -0.508 e. The Bertz CT molecular complexity index is 288. The molecule has 0 spiro atoms. The number of alkyl halides is 2. The highest BCUT2D eigenvalue weighted by molar-refractivity contribution is 6.44. The van der Waals surface area contributed by atoms with Crippen LogP contribution in [0.1, 0.15) is 18.4 Å². The number of halogens is 2. The Kier molecular flexibility index (Phi) is 6.93. The molecule has 1 aromatic carbocycles. The summed E-state index contributed by atoms with van der Waals surface area (Å²) in [6.07, 6.45) is 3.23. The standard InChI is InChI=1S/C12H18Cl2OSi/c13-12(14)2-1-8-16-9-7-10-3-5-11(15)6-4-10/h3-6,12,15H,1-2,7-9,16H2. The van der Waals surface area contributed by atoms with Crippen molar-refractivity contribution in [3.8, 4) is 5.75 Å². The lowest BCUT2D eigenvalue weighted by Gasteiger charge is -2.02. The topological polar surface area (TPSA) is 20.2 Å². The molecule has 0 aromatic heterocycles. The lowest BCUT2D eigenvalue weighted by molar-refractivity contribution is 0.475. The van der Waals surface area contributed by atoms with Crippen LogP contribution in [0, 0.1) is 0 Å². The summed E-state index contributed by atoms with van der Waals surface area (Å²) in [5, 5.41) is 9.13. The van der Waals surface area contributed by atoms with Crippen LogP contribution in [0.5, 0.6) is 5.75 Å². The number of phenols is 1. The van der Waals surface area contributed by atoms with Gasteiger partial charge < -0.3 is 5.11 Å². The molecule has 1 rings (SSSR count). The van der Waals surface area contributed by atoms with E-state index in [1.54, 1.807) is 12.1 Å². The van der Waals surface area contributed by atoms with Gasteiger partial charge in [-0.05, 0) is 30.5 Å². The van der Waals surface area contributed by atoms with Crippen molar-refractivity contribution >= 4 is 32.7 Å². The molecular weight excluding hydrogens is 259 g/mol. The number of phenolic OH excluding ortho intramolecular Hbond substituents is 1. The summed E-state index contributed by atoms with van der Waals surface area (Å²) < 4.78 is 0. The van der Waals surface area contributed by atoms with E-state index in [1.165, 1.54) is 24.1 Å². The van der Waals surface area contributed by atoms with Crippen molar-refractivity contribution in [3.63, 3.8) is 0 Å². The molecule has 0 amide bonds. The van der Waals surface area contributed by atoms with E-state index in [2.05, 4.69) is 0 Å². The van der Waals surface area contributed by atoms with Gasteiger partial charge in [-0.1, -0.05) is 30.6 Å². The molecule has 90 valence electrons. The molecule has 0 bridgehead atoms. The number of aryl methyl sites for hydroxylation is 1. The van der Waals surface area contributed by atoms with Crippen LogP contribution in [-0.2, 0) is 6.42 Å². The molecule has 1 nitrogen and oxygen atoms in total. The van der Waals surface area contributed by atoms with Crippen molar-refractivity contribution in [2.24, 2.45) is 0 Å². The van der Waals surface area contributed by atoms with E-state index in [1.807, 2.05) is 12.1 Å². The Morgan fingerprint density at radius 3 is 2.44 bits per heavy atom. The average molecular weight is 277 g/mol. The minimum atomic E-state index is -0.189. The quantitative estimate of drug-likeness (QED) is 0.459. The maximum Gasteiger partial charge on any atom is 0.115 e. The Labute approximate surface area is 110 Å². The molecule has 4 heteroatoms. The van der Waals surface area contributed by atoms with Gasteiger partial charge in [-0.15, -0.1) is 23.2 Å². The molecule has 0 aliphatic heterocycles. The van der Waals surface area contributed by atoms with Crippen LogP contribution in [0.25, 0.3) is 0 Å². The number of aromatic hydroxyl groups is 1. The van der Waals surface area contributed by atoms with Gasteiger partial charge >= 0.3 is 0 Å². The number of benzene rings is 1. The third-order valence-corrected chi connectivity index (χ3v) is 4.86. The summed E-state index contributed by atoms with van der Waals surface area (Å²) >= 11 is 11.3. The van der Waals surface area contributed by atoms with Crippen LogP contribution in [0.15, 0.2) is 24.3 Å². The van der Waals surface area contributed by atoms with Crippen molar-refractivity contribution < 1.29 is 5.11 Å². The minimum absolute atomic E-state index is 0.0350. The van der Waals surface area contributed by atoms with Crippen molar-refractivity contribution in [1.82, 2.24) is 0 Å². The summed E-state index contributed by atoms with van der Waals surface area (Å²) in [5.74, 6) is 0.344. The first-order chi connectivity index (χ1) is 7.68. The van der Waals surface area contributed by atoms with Gasteiger partial charge in [-0.2, -0.15) is 0 Å². The predicted molar refractivity (Wildman–Crippen MR) is 74.7 cm³/mol. The maximum atomic E-state index is 9.13. The van der Waals surface area contributed by atoms with Crippen molar-refractivity contribution in [1.29, 1.82) is 0 Å². The first-order valence-electron chi connectivity index (χ1n) is 5.74. The molecule has 1 aromatic rings. The molecule has 0 saturated carbocycles. The molecule has 0 aliphatic rings. The van der Waals surface area contributed by atoms with Gasteiger partial charge in [-0.3, -0.25) is 0 Å². The summed E-state index contributed by atoms with van der Waals surface area (Å²) in [6.45, 7) is 0. The first kappa shape index (κ1) is 13.9. The van der Waals surface area contributed by atoms with Crippen LogP contribution in [-0.4, -0.2) is 19.5 Å². The van der Waals surface area contributed by atoms with Crippen molar-refractivity contribution in [2.45, 2.75) is 36.2 Å². The molecule has 0 saturated heterocycles. The molecule has 0 fully saturated rings. The second kappa shape index (κ2) is 7.99. The van der Waals surface area contributed by atoms with Gasteiger partial charge in [-0.25, -0.2) is 0 Å². The highest BCUT2D eigenvalue weighted by Gasteiger charge is 1.99. The fourth-order valence-corrected chi connectivity index (χ4v) is 3.61. The van der Waals surface area contributed by atoms with Crippen LogP contribution in [0.4, 0.5) is 0 Å². The molecule has 0 aliphatic carbocycles. The van der Waals surface area contributed by atoms with Crippen LogP contribution < -0.4 is 0 Å². The van der Waals surface area contributed by atoms with Gasteiger partial charge in [0.25, 0.3) is 0 Å². The second-order valence-electron chi connectivity index (χ2n) is 4.01. The monoisotopic (exact) mass is 276 g/mol. The van der Waals surface area contributed by atoms with Gasteiger partial charge in [0, 0.05) is 9.52 Å². The summed E-state index contributed by atoms with van der Waals surface area (Å²) in [6, 6.07) is 10.1. The Morgan fingerprint density at radius 2 is 1.81 bits per heavy atom. The number of hydrogen-bond donors (Lipinski definition) is 1. The highest BCUT2D eigenvalue weighted by Crippen LogP contribution is 2.13. The Balaban J connectivity index is 2.05. The third kappa shape index (κ3) is 6.41. The largest absolute Gasteiger partial charge is 0.508 e. The molecule has 1 N–H and O–H groups in total. The first-order valence-corrected chi connectivity index (χ1v) is 8.62. The molecular formula is C12H18Cl2OSi. The molecule has 16 heavy (non-hydrogen) atoms. The molecule has 0 heterocycles. The maximum absolute atomic E-state index is 9.13. The lowest BCUT2D eigenvalue weighted by atomic mass is 10.2. The lowest BCUT2D eigenvalue weighted by Crippen LogP contribution is -1.95. The van der Waals surface area contributed by atoms with E-state index in [4.69, 9.17) is 28.3 Å². The fraction of sp³-hybridized carbons (Fsp3) is 0.500. The van der Waals surface area contributed by atoms with Crippen LogP contribution in [0.3, 0.4) is 0 Å². The van der Waals surface area contributed by atoms with E-state index in [0.29, 0.717) is 5.75 Å². The second-order valence-corrected chi connectivity index (χ2v) is 7.41. The van der Waals surface area contributed by atoms with Gasteiger partial charge in [0.1, 0.15) is 10.6 Å². The summed E-state index contributed by atoms with van der Waals surface area (Å²) in [7, 11) is 0.0350. The molecule has 0 atom stereocenters.